The molecule has 1 fully saturated rings. The number of rotatable bonds is 5. The predicted octanol–water partition coefficient (Wildman–Crippen LogP) is 5.00. The Balaban J connectivity index is 1.83. The normalized spacial score (nSPS) is 17.7. The molecule has 1 aliphatic rings. The predicted molar refractivity (Wildman–Crippen MR) is 70.8 cm³/mol. The zero-order valence-corrected chi connectivity index (χ0v) is 10.6. The Morgan fingerprint density at radius 2 is 1.78 bits per heavy atom. The number of alkyl halides is 2. The smallest absolute Gasteiger partial charge is 0.202 e. The molecule has 1 aromatic carbocycles. The van der Waals surface area contributed by atoms with Crippen molar-refractivity contribution in [2.75, 3.05) is 0 Å². The van der Waals surface area contributed by atoms with Crippen molar-refractivity contribution in [3.63, 3.8) is 0 Å². The molecule has 0 aromatic heterocycles. The van der Waals surface area contributed by atoms with Crippen LogP contribution in [0.1, 0.15) is 37.7 Å². The summed E-state index contributed by atoms with van der Waals surface area (Å²) in [6, 6.07) is 9.48. The van der Waals surface area contributed by atoms with E-state index in [1.807, 2.05) is 30.3 Å². The zero-order valence-electron chi connectivity index (χ0n) is 10.6. The lowest BCUT2D eigenvalue weighted by Crippen LogP contribution is -2.13. The molecule has 0 unspecified atom stereocenters. The van der Waals surface area contributed by atoms with E-state index in [2.05, 4.69) is 0 Å². The second kappa shape index (κ2) is 6.12. The number of benzene rings is 1. The monoisotopic (exact) mass is 250 g/mol. The van der Waals surface area contributed by atoms with Gasteiger partial charge in [0.2, 0.25) is 0 Å². The summed E-state index contributed by atoms with van der Waals surface area (Å²) in [6.07, 6.45) is 7.72. The zero-order chi connectivity index (χ0) is 12.8. The molecule has 0 spiro atoms. The van der Waals surface area contributed by atoms with Crippen molar-refractivity contribution in [1.29, 1.82) is 0 Å². The molecule has 0 radical (unpaired) electrons. The van der Waals surface area contributed by atoms with E-state index in [0.29, 0.717) is 12.3 Å². The molecule has 0 heterocycles. The fourth-order valence-electron chi connectivity index (χ4n) is 2.47. The summed E-state index contributed by atoms with van der Waals surface area (Å²) in [5.74, 6) is -2.29. The van der Waals surface area contributed by atoms with Gasteiger partial charge in [0.25, 0.3) is 5.92 Å². The second-order valence-corrected chi connectivity index (χ2v) is 5.15. The van der Waals surface area contributed by atoms with Crippen molar-refractivity contribution in [2.45, 2.75) is 44.4 Å². The summed E-state index contributed by atoms with van der Waals surface area (Å²) in [5.41, 5.74) is 0.978. The van der Waals surface area contributed by atoms with Gasteiger partial charge in [0.15, 0.2) is 0 Å². The highest BCUT2D eigenvalue weighted by atomic mass is 19.3. The minimum Gasteiger partial charge on any atom is -0.202 e. The van der Waals surface area contributed by atoms with E-state index in [1.165, 1.54) is 12.8 Å². The third kappa shape index (κ3) is 4.25. The molecule has 0 bridgehead atoms. The Morgan fingerprint density at radius 3 is 2.44 bits per heavy atom. The molecule has 2 heteroatoms. The second-order valence-electron chi connectivity index (χ2n) is 5.15. The average Bonchev–Trinajstić information content (AvgIpc) is 2.89. The molecule has 98 valence electrons. The number of hydrogen-bond donors (Lipinski definition) is 0. The van der Waals surface area contributed by atoms with E-state index in [4.69, 9.17) is 0 Å². The minimum absolute atomic E-state index is 0.0970. The highest BCUT2D eigenvalue weighted by Gasteiger charge is 2.25. The molecule has 0 amide bonds. The Labute approximate surface area is 108 Å². The topological polar surface area (TPSA) is 0 Å². The van der Waals surface area contributed by atoms with E-state index in [-0.39, 0.29) is 6.42 Å². The van der Waals surface area contributed by atoms with E-state index < -0.39 is 5.92 Å². The first-order valence-corrected chi connectivity index (χ1v) is 6.77. The van der Waals surface area contributed by atoms with Gasteiger partial charge in [-0.2, -0.15) is 0 Å². The lowest BCUT2D eigenvalue weighted by molar-refractivity contribution is 0.0454. The van der Waals surface area contributed by atoms with Gasteiger partial charge in [-0.05, 0) is 36.8 Å². The van der Waals surface area contributed by atoms with Gasteiger partial charge < -0.3 is 0 Å². The number of allylic oxidation sites excluding steroid dienone is 2. The summed E-state index contributed by atoms with van der Waals surface area (Å²) >= 11 is 0. The van der Waals surface area contributed by atoms with Crippen LogP contribution in [-0.2, 0) is 6.42 Å². The lowest BCUT2D eigenvalue weighted by Gasteiger charge is -2.12. The van der Waals surface area contributed by atoms with Crippen LogP contribution in [0.4, 0.5) is 8.78 Å². The quantitative estimate of drug-likeness (QED) is 0.645. The molecular weight excluding hydrogens is 230 g/mol. The van der Waals surface area contributed by atoms with Gasteiger partial charge in [-0.1, -0.05) is 49.2 Å². The third-order valence-electron chi connectivity index (χ3n) is 3.60. The molecule has 0 N–H and O–H groups in total. The Kier molecular flexibility index (Phi) is 4.51. The lowest BCUT2D eigenvalue weighted by atomic mass is 10.0. The summed E-state index contributed by atoms with van der Waals surface area (Å²) in [6.45, 7) is 0. The van der Waals surface area contributed by atoms with Gasteiger partial charge in [-0.15, -0.1) is 0 Å². The summed E-state index contributed by atoms with van der Waals surface area (Å²) < 4.78 is 27.4. The molecule has 0 aliphatic heterocycles. The molecule has 0 nitrogen and oxygen atoms in total. The number of hydrogen-bond acceptors (Lipinski definition) is 0. The van der Waals surface area contributed by atoms with Crippen LogP contribution in [0.3, 0.4) is 0 Å². The Hall–Kier alpha value is -1.18. The summed E-state index contributed by atoms with van der Waals surface area (Å²) in [5, 5.41) is 0. The van der Waals surface area contributed by atoms with Crippen molar-refractivity contribution >= 4 is 0 Å². The largest absolute Gasteiger partial charge is 0.266 e. The maximum absolute atomic E-state index is 13.7. The van der Waals surface area contributed by atoms with Crippen molar-refractivity contribution < 1.29 is 8.78 Å². The molecular formula is C16H20F2. The highest BCUT2D eigenvalue weighted by Crippen LogP contribution is 2.29. The average molecular weight is 250 g/mol. The SMILES string of the molecule is FC(F)(/C=C/C1CCCC1)CCc1ccccc1. The van der Waals surface area contributed by atoms with Crippen molar-refractivity contribution in [1.82, 2.24) is 0 Å². The van der Waals surface area contributed by atoms with Crippen molar-refractivity contribution in [3.8, 4) is 0 Å². The maximum atomic E-state index is 13.7. The van der Waals surface area contributed by atoms with Gasteiger partial charge >= 0.3 is 0 Å². The van der Waals surface area contributed by atoms with Gasteiger partial charge in [-0.3, -0.25) is 0 Å². The molecule has 1 saturated carbocycles. The van der Waals surface area contributed by atoms with Crippen LogP contribution in [0.5, 0.6) is 0 Å². The summed E-state index contributed by atoms with van der Waals surface area (Å²) in [4.78, 5) is 0. The first kappa shape index (κ1) is 13.3. The number of aryl methyl sites for hydroxylation is 1. The van der Waals surface area contributed by atoms with Crippen LogP contribution in [0.2, 0.25) is 0 Å². The highest BCUT2D eigenvalue weighted by molar-refractivity contribution is 5.15. The van der Waals surface area contributed by atoms with Gasteiger partial charge in [-0.25, -0.2) is 8.78 Å². The van der Waals surface area contributed by atoms with Crippen molar-refractivity contribution in [3.05, 3.63) is 48.0 Å². The van der Waals surface area contributed by atoms with Gasteiger partial charge in [0, 0.05) is 6.42 Å². The molecule has 18 heavy (non-hydrogen) atoms. The minimum atomic E-state index is -2.67. The van der Waals surface area contributed by atoms with Crippen LogP contribution >= 0.6 is 0 Å². The van der Waals surface area contributed by atoms with Crippen LogP contribution in [0, 0.1) is 5.92 Å². The van der Waals surface area contributed by atoms with E-state index in [1.54, 1.807) is 6.08 Å². The van der Waals surface area contributed by atoms with Crippen LogP contribution in [0.15, 0.2) is 42.5 Å². The molecule has 0 saturated heterocycles. The third-order valence-corrected chi connectivity index (χ3v) is 3.60. The van der Waals surface area contributed by atoms with E-state index in [9.17, 15) is 8.78 Å². The molecule has 0 atom stereocenters. The summed E-state index contributed by atoms with van der Waals surface area (Å²) in [7, 11) is 0. The first-order chi connectivity index (χ1) is 8.66. The fraction of sp³-hybridized carbons (Fsp3) is 0.500. The van der Waals surface area contributed by atoms with Gasteiger partial charge in [0.05, 0.1) is 0 Å². The van der Waals surface area contributed by atoms with Gasteiger partial charge in [0.1, 0.15) is 0 Å². The maximum Gasteiger partial charge on any atom is 0.266 e. The van der Waals surface area contributed by atoms with Crippen molar-refractivity contribution in [2.24, 2.45) is 5.92 Å². The van der Waals surface area contributed by atoms with Crippen LogP contribution in [0.25, 0.3) is 0 Å². The Bertz CT molecular complexity index is 375. The fourth-order valence-corrected chi connectivity index (χ4v) is 2.47. The van der Waals surface area contributed by atoms with Crippen LogP contribution in [-0.4, -0.2) is 5.92 Å². The Morgan fingerprint density at radius 1 is 1.11 bits per heavy atom. The molecule has 1 aromatic rings. The van der Waals surface area contributed by atoms with E-state index in [0.717, 1.165) is 24.5 Å². The molecule has 1 aliphatic carbocycles. The standard InChI is InChI=1S/C16H20F2/c17-16(18,13-11-15-8-4-5-9-15)12-10-14-6-2-1-3-7-14/h1-3,6-7,11,13,15H,4-5,8-10,12H2/b13-11+. The first-order valence-electron chi connectivity index (χ1n) is 6.77. The van der Waals surface area contributed by atoms with Crippen LogP contribution < -0.4 is 0 Å². The molecule has 2 rings (SSSR count). The number of halogens is 2. The van der Waals surface area contributed by atoms with E-state index >= 15 is 0 Å².